The fourth-order valence-electron chi connectivity index (χ4n) is 2.75. The SMILES string of the molecule is C.CC(C)NC(Cc1ccc(-c2ccccc2)cc1)C(=O)C(C)C. The van der Waals surface area contributed by atoms with Crippen molar-refractivity contribution < 1.29 is 4.79 Å². The predicted molar refractivity (Wildman–Crippen MR) is 104 cm³/mol. The third kappa shape index (κ3) is 5.61. The van der Waals surface area contributed by atoms with Crippen LogP contribution in [0, 0.1) is 5.92 Å². The Balaban J connectivity index is 0.00000288. The van der Waals surface area contributed by atoms with Gasteiger partial charge in [-0.15, -0.1) is 0 Å². The first-order chi connectivity index (χ1) is 11.0. The maximum absolute atomic E-state index is 12.4. The fraction of sp³-hybridized carbons (Fsp3) is 0.409. The van der Waals surface area contributed by atoms with Crippen molar-refractivity contribution in [2.45, 2.75) is 53.6 Å². The Bertz CT molecular complexity index is 614. The van der Waals surface area contributed by atoms with Crippen LogP contribution in [0.15, 0.2) is 54.6 Å². The number of hydrogen-bond acceptors (Lipinski definition) is 2. The lowest BCUT2D eigenvalue weighted by Crippen LogP contribution is -2.44. The molecule has 130 valence electrons. The van der Waals surface area contributed by atoms with Crippen LogP contribution in [0.2, 0.25) is 0 Å². The molecule has 0 spiro atoms. The summed E-state index contributed by atoms with van der Waals surface area (Å²) in [5.74, 6) is 0.334. The van der Waals surface area contributed by atoms with Crippen molar-refractivity contribution in [3.05, 3.63) is 60.2 Å². The smallest absolute Gasteiger partial charge is 0.152 e. The number of carbonyl (C=O) groups excluding carboxylic acids is 1. The molecule has 0 bridgehead atoms. The molecule has 0 radical (unpaired) electrons. The van der Waals surface area contributed by atoms with Gasteiger partial charge in [-0.1, -0.05) is 89.7 Å². The van der Waals surface area contributed by atoms with Gasteiger partial charge in [0.15, 0.2) is 5.78 Å². The number of nitrogens with one attached hydrogen (secondary N) is 1. The van der Waals surface area contributed by atoms with Crippen LogP contribution in [-0.4, -0.2) is 17.9 Å². The van der Waals surface area contributed by atoms with E-state index < -0.39 is 0 Å². The molecule has 2 rings (SSSR count). The minimum absolute atomic E-state index is 0. The summed E-state index contributed by atoms with van der Waals surface area (Å²) in [5.41, 5.74) is 3.61. The van der Waals surface area contributed by atoms with Crippen LogP contribution in [0.3, 0.4) is 0 Å². The summed E-state index contributed by atoms with van der Waals surface area (Å²) >= 11 is 0. The zero-order valence-corrected chi connectivity index (χ0v) is 14.5. The average molecular weight is 325 g/mol. The minimum Gasteiger partial charge on any atom is -0.305 e. The number of Topliss-reactive ketones (excluding diaryl/α,β-unsaturated/α-hetero) is 1. The number of rotatable bonds is 7. The van der Waals surface area contributed by atoms with E-state index in [0.717, 1.165) is 6.42 Å². The molecule has 2 nitrogen and oxygen atoms in total. The van der Waals surface area contributed by atoms with Gasteiger partial charge in [-0.3, -0.25) is 4.79 Å². The quantitative estimate of drug-likeness (QED) is 0.765. The van der Waals surface area contributed by atoms with Crippen molar-refractivity contribution in [2.75, 3.05) is 0 Å². The molecular formula is C22H31NO. The lowest BCUT2D eigenvalue weighted by Gasteiger charge is -2.22. The second kappa shape index (κ2) is 9.39. The highest BCUT2D eigenvalue weighted by atomic mass is 16.1. The van der Waals surface area contributed by atoms with E-state index in [1.54, 1.807) is 0 Å². The number of hydrogen-bond donors (Lipinski definition) is 1. The van der Waals surface area contributed by atoms with Crippen LogP contribution in [0.4, 0.5) is 0 Å². The van der Waals surface area contributed by atoms with Gasteiger partial charge in [-0.05, 0) is 23.1 Å². The van der Waals surface area contributed by atoms with Crippen LogP contribution in [0.1, 0.15) is 40.7 Å². The second-order valence-corrected chi connectivity index (χ2v) is 6.70. The lowest BCUT2D eigenvalue weighted by molar-refractivity contribution is -0.124. The van der Waals surface area contributed by atoms with Gasteiger partial charge < -0.3 is 5.32 Å². The molecule has 24 heavy (non-hydrogen) atoms. The summed E-state index contributed by atoms with van der Waals surface area (Å²) in [6.07, 6.45) is 0.740. The molecule has 2 heteroatoms. The van der Waals surface area contributed by atoms with Gasteiger partial charge >= 0.3 is 0 Å². The van der Waals surface area contributed by atoms with Crippen LogP contribution >= 0.6 is 0 Å². The van der Waals surface area contributed by atoms with Crippen molar-refractivity contribution in [3.63, 3.8) is 0 Å². The molecule has 2 aromatic carbocycles. The molecule has 0 saturated heterocycles. The Hall–Kier alpha value is -1.93. The van der Waals surface area contributed by atoms with E-state index in [1.807, 2.05) is 32.0 Å². The largest absolute Gasteiger partial charge is 0.305 e. The summed E-state index contributed by atoms with van der Waals surface area (Å²) in [5, 5.41) is 3.41. The number of carbonyl (C=O) groups is 1. The van der Waals surface area contributed by atoms with Crippen LogP contribution < -0.4 is 5.32 Å². The van der Waals surface area contributed by atoms with Gasteiger partial charge in [0.1, 0.15) is 0 Å². The molecule has 2 aromatic rings. The molecule has 1 unspecified atom stereocenters. The monoisotopic (exact) mass is 325 g/mol. The molecule has 0 aromatic heterocycles. The first kappa shape index (κ1) is 20.1. The number of benzene rings is 2. The Labute approximate surface area is 147 Å². The van der Waals surface area contributed by atoms with Crippen molar-refractivity contribution >= 4 is 5.78 Å². The second-order valence-electron chi connectivity index (χ2n) is 6.70. The minimum atomic E-state index is -0.113. The van der Waals surface area contributed by atoms with Crippen molar-refractivity contribution in [1.29, 1.82) is 0 Å². The first-order valence-electron chi connectivity index (χ1n) is 8.41. The van der Waals surface area contributed by atoms with Crippen molar-refractivity contribution in [2.24, 2.45) is 5.92 Å². The zero-order valence-electron chi connectivity index (χ0n) is 14.5. The summed E-state index contributed by atoms with van der Waals surface area (Å²) in [4.78, 5) is 12.4. The normalized spacial score (nSPS) is 12.1. The topological polar surface area (TPSA) is 29.1 Å². The summed E-state index contributed by atoms with van der Waals surface area (Å²) < 4.78 is 0. The fourth-order valence-corrected chi connectivity index (χ4v) is 2.75. The van der Waals surface area contributed by atoms with E-state index in [4.69, 9.17) is 0 Å². The highest BCUT2D eigenvalue weighted by Gasteiger charge is 2.21. The molecule has 0 saturated carbocycles. The van der Waals surface area contributed by atoms with E-state index in [9.17, 15) is 4.79 Å². The molecule has 0 amide bonds. The highest BCUT2D eigenvalue weighted by molar-refractivity contribution is 5.86. The maximum Gasteiger partial charge on any atom is 0.152 e. The average Bonchev–Trinajstić information content (AvgIpc) is 2.54. The van der Waals surface area contributed by atoms with Gasteiger partial charge in [0, 0.05) is 12.0 Å². The molecule has 1 atom stereocenters. The van der Waals surface area contributed by atoms with Gasteiger partial charge in [-0.2, -0.15) is 0 Å². The molecule has 1 N–H and O–H groups in total. The summed E-state index contributed by atoms with van der Waals surface area (Å²) in [6, 6.07) is 19.1. The third-order valence-corrected chi connectivity index (χ3v) is 3.95. The zero-order chi connectivity index (χ0) is 16.8. The van der Waals surface area contributed by atoms with Gasteiger partial charge in [-0.25, -0.2) is 0 Å². The van der Waals surface area contributed by atoms with Crippen LogP contribution in [0.5, 0.6) is 0 Å². The van der Waals surface area contributed by atoms with Crippen LogP contribution in [-0.2, 0) is 11.2 Å². The Morgan fingerprint density at radius 3 is 1.92 bits per heavy atom. The molecule has 0 aliphatic rings. The van der Waals surface area contributed by atoms with Gasteiger partial charge in [0.25, 0.3) is 0 Å². The molecule has 0 heterocycles. The van der Waals surface area contributed by atoms with E-state index in [1.165, 1.54) is 16.7 Å². The van der Waals surface area contributed by atoms with Crippen molar-refractivity contribution in [1.82, 2.24) is 5.32 Å². The Morgan fingerprint density at radius 1 is 0.875 bits per heavy atom. The van der Waals surface area contributed by atoms with Crippen molar-refractivity contribution in [3.8, 4) is 11.1 Å². The third-order valence-electron chi connectivity index (χ3n) is 3.95. The maximum atomic E-state index is 12.4. The highest BCUT2D eigenvalue weighted by Crippen LogP contribution is 2.20. The van der Waals surface area contributed by atoms with E-state index >= 15 is 0 Å². The van der Waals surface area contributed by atoms with Crippen LogP contribution in [0.25, 0.3) is 11.1 Å². The molecular weight excluding hydrogens is 294 g/mol. The van der Waals surface area contributed by atoms with E-state index in [2.05, 4.69) is 55.6 Å². The summed E-state index contributed by atoms with van der Waals surface area (Å²) in [6.45, 7) is 8.10. The van der Waals surface area contributed by atoms with E-state index in [-0.39, 0.29) is 25.2 Å². The lowest BCUT2D eigenvalue weighted by atomic mass is 9.94. The number of ketones is 1. The molecule has 0 aliphatic heterocycles. The van der Waals surface area contributed by atoms with Gasteiger partial charge in [0.05, 0.1) is 6.04 Å². The first-order valence-corrected chi connectivity index (χ1v) is 8.41. The molecule has 0 aliphatic carbocycles. The Morgan fingerprint density at radius 2 is 1.42 bits per heavy atom. The molecule has 0 fully saturated rings. The standard InChI is InChI=1S/C21H27NO.CH4/c1-15(2)21(23)20(22-16(3)4)14-17-10-12-19(13-11-17)18-8-6-5-7-9-18;/h5-13,15-16,20,22H,14H2,1-4H3;1H4. The summed E-state index contributed by atoms with van der Waals surface area (Å²) in [7, 11) is 0. The Kier molecular flexibility index (Phi) is 7.87. The predicted octanol–water partition coefficient (Wildman–Crippen LogP) is 5.12. The van der Waals surface area contributed by atoms with Gasteiger partial charge in [0.2, 0.25) is 0 Å². The van der Waals surface area contributed by atoms with E-state index in [0.29, 0.717) is 6.04 Å².